The lowest BCUT2D eigenvalue weighted by molar-refractivity contribution is -0.142. The number of aromatic nitrogens is 4. The SMILES string of the molecule is CCOC(=O)Cc1nnn(CC2CC(c3cccc(OC)c3OC)c3cc(Cl)ccc3NC2=O)n1. The Morgan fingerprint density at radius 1 is 1.20 bits per heavy atom. The van der Waals surface area contributed by atoms with Crippen molar-refractivity contribution >= 4 is 29.2 Å². The number of benzene rings is 2. The smallest absolute Gasteiger partial charge is 0.313 e. The number of nitrogens with one attached hydrogen (secondary N) is 1. The van der Waals surface area contributed by atoms with Crippen LogP contribution in [0, 0.1) is 5.92 Å². The molecule has 0 spiro atoms. The van der Waals surface area contributed by atoms with Gasteiger partial charge >= 0.3 is 5.97 Å². The van der Waals surface area contributed by atoms with Gasteiger partial charge in [0.05, 0.1) is 33.3 Å². The Bertz CT molecular complexity index is 1230. The first-order valence-electron chi connectivity index (χ1n) is 11.2. The molecule has 10 nitrogen and oxygen atoms in total. The lowest BCUT2D eigenvalue weighted by atomic mass is 9.83. The summed E-state index contributed by atoms with van der Waals surface area (Å²) in [6.07, 6.45) is 0.343. The molecule has 1 aliphatic rings. The molecule has 2 unspecified atom stereocenters. The fourth-order valence-electron chi connectivity index (χ4n) is 4.29. The van der Waals surface area contributed by atoms with E-state index in [1.165, 1.54) is 4.80 Å². The zero-order valence-corrected chi connectivity index (χ0v) is 20.4. The average Bonchev–Trinajstić information content (AvgIpc) is 3.23. The third-order valence-electron chi connectivity index (χ3n) is 5.83. The molecule has 1 N–H and O–H groups in total. The number of para-hydroxylation sites is 1. The van der Waals surface area contributed by atoms with Crippen molar-refractivity contribution in [3.8, 4) is 11.5 Å². The number of rotatable bonds is 8. The quantitative estimate of drug-likeness (QED) is 0.469. The van der Waals surface area contributed by atoms with Crippen LogP contribution in [0.5, 0.6) is 11.5 Å². The summed E-state index contributed by atoms with van der Waals surface area (Å²) in [7, 11) is 3.17. The molecule has 11 heteroatoms. The van der Waals surface area contributed by atoms with Gasteiger partial charge in [0.2, 0.25) is 5.91 Å². The van der Waals surface area contributed by atoms with Gasteiger partial charge in [0.1, 0.15) is 6.42 Å². The van der Waals surface area contributed by atoms with Gasteiger partial charge in [-0.05, 0) is 48.4 Å². The van der Waals surface area contributed by atoms with E-state index in [1.807, 2.05) is 24.3 Å². The van der Waals surface area contributed by atoms with E-state index in [0.717, 1.165) is 11.1 Å². The fourth-order valence-corrected chi connectivity index (χ4v) is 4.47. The van der Waals surface area contributed by atoms with Crippen molar-refractivity contribution in [1.82, 2.24) is 20.2 Å². The number of anilines is 1. The van der Waals surface area contributed by atoms with Crippen molar-refractivity contribution in [3.63, 3.8) is 0 Å². The largest absolute Gasteiger partial charge is 0.493 e. The highest BCUT2D eigenvalue weighted by Crippen LogP contribution is 2.45. The van der Waals surface area contributed by atoms with Gasteiger partial charge in [-0.3, -0.25) is 9.59 Å². The van der Waals surface area contributed by atoms with Crippen molar-refractivity contribution in [3.05, 3.63) is 58.4 Å². The van der Waals surface area contributed by atoms with E-state index in [1.54, 1.807) is 33.3 Å². The number of amides is 1. The summed E-state index contributed by atoms with van der Waals surface area (Å²) in [5.41, 5.74) is 2.41. The zero-order chi connectivity index (χ0) is 24.9. The number of hydrogen-bond donors (Lipinski definition) is 1. The normalized spacial score (nSPS) is 17.2. The number of fused-ring (bicyclic) bond motifs is 1. The average molecular weight is 500 g/mol. The van der Waals surface area contributed by atoms with Crippen LogP contribution in [-0.2, 0) is 27.3 Å². The predicted molar refractivity (Wildman–Crippen MR) is 128 cm³/mol. The monoisotopic (exact) mass is 499 g/mol. The number of hydrogen-bond acceptors (Lipinski definition) is 8. The summed E-state index contributed by atoms with van der Waals surface area (Å²) in [4.78, 5) is 26.3. The minimum Gasteiger partial charge on any atom is -0.493 e. The first-order chi connectivity index (χ1) is 16.9. The van der Waals surface area contributed by atoms with Gasteiger partial charge in [-0.2, -0.15) is 4.80 Å². The molecule has 35 heavy (non-hydrogen) atoms. The number of carbonyl (C=O) groups is 2. The van der Waals surface area contributed by atoms with Gasteiger partial charge in [-0.25, -0.2) is 0 Å². The van der Waals surface area contributed by atoms with Crippen molar-refractivity contribution in [1.29, 1.82) is 0 Å². The van der Waals surface area contributed by atoms with E-state index in [-0.39, 0.29) is 37.2 Å². The molecule has 0 bridgehead atoms. The highest BCUT2D eigenvalue weighted by molar-refractivity contribution is 6.30. The first-order valence-corrected chi connectivity index (χ1v) is 11.5. The molecule has 4 rings (SSSR count). The standard InChI is InChI=1S/C24H26ClN5O5/c1-4-35-22(31)12-21-27-29-30(28-21)13-14-10-17(16-6-5-7-20(33-2)23(16)34-3)18-11-15(25)8-9-19(18)26-24(14)32/h5-9,11,14,17H,4,10,12-13H2,1-3H3,(H,26,32). The number of halogens is 1. The van der Waals surface area contributed by atoms with Crippen LogP contribution < -0.4 is 14.8 Å². The van der Waals surface area contributed by atoms with E-state index in [4.69, 9.17) is 25.8 Å². The topological polar surface area (TPSA) is 117 Å². The van der Waals surface area contributed by atoms with Gasteiger partial charge in [0, 0.05) is 22.2 Å². The second-order valence-corrected chi connectivity index (χ2v) is 8.47. The fraction of sp³-hybridized carbons (Fsp3) is 0.375. The van der Waals surface area contributed by atoms with Crippen LogP contribution in [0.15, 0.2) is 36.4 Å². The van der Waals surface area contributed by atoms with Crippen LogP contribution in [0.1, 0.15) is 36.2 Å². The predicted octanol–water partition coefficient (Wildman–Crippen LogP) is 3.24. The second kappa shape index (κ2) is 10.7. The molecule has 0 aliphatic carbocycles. The molecule has 2 aromatic carbocycles. The third-order valence-corrected chi connectivity index (χ3v) is 6.07. The Balaban J connectivity index is 1.68. The van der Waals surface area contributed by atoms with E-state index >= 15 is 0 Å². The summed E-state index contributed by atoms with van der Waals surface area (Å²) < 4.78 is 16.1. The number of esters is 1. The van der Waals surface area contributed by atoms with Crippen molar-refractivity contribution in [2.24, 2.45) is 5.92 Å². The van der Waals surface area contributed by atoms with Crippen LogP contribution in [0.25, 0.3) is 0 Å². The van der Waals surface area contributed by atoms with Crippen LogP contribution in [0.2, 0.25) is 5.02 Å². The molecule has 2 heterocycles. The minimum atomic E-state index is -0.508. The number of carbonyl (C=O) groups excluding carboxylic acids is 2. The molecule has 3 aromatic rings. The summed E-state index contributed by atoms with van der Waals surface area (Å²) in [6, 6.07) is 11.0. The van der Waals surface area contributed by atoms with Gasteiger partial charge in [-0.1, -0.05) is 23.7 Å². The lowest BCUT2D eigenvalue weighted by Crippen LogP contribution is -2.27. The Labute approximate surface area is 207 Å². The van der Waals surface area contributed by atoms with E-state index in [0.29, 0.717) is 28.6 Å². The second-order valence-electron chi connectivity index (χ2n) is 8.03. The first kappa shape index (κ1) is 24.5. The highest BCUT2D eigenvalue weighted by atomic mass is 35.5. The maximum atomic E-state index is 13.2. The summed E-state index contributed by atoms with van der Waals surface area (Å²) >= 11 is 6.35. The van der Waals surface area contributed by atoms with Gasteiger partial charge in [-0.15, -0.1) is 10.2 Å². The molecule has 1 aliphatic heterocycles. The van der Waals surface area contributed by atoms with E-state index < -0.39 is 11.9 Å². The minimum absolute atomic E-state index is 0.0850. The van der Waals surface area contributed by atoms with Crippen molar-refractivity contribution < 1.29 is 23.8 Å². The van der Waals surface area contributed by atoms with Crippen LogP contribution in [0.3, 0.4) is 0 Å². The molecule has 0 saturated heterocycles. The van der Waals surface area contributed by atoms with Crippen LogP contribution in [-0.4, -0.2) is 52.9 Å². The Kier molecular flexibility index (Phi) is 7.50. The molecule has 0 fully saturated rings. The Hall–Kier alpha value is -3.66. The van der Waals surface area contributed by atoms with Crippen LogP contribution in [0.4, 0.5) is 5.69 Å². The summed E-state index contributed by atoms with van der Waals surface area (Å²) in [5, 5.41) is 15.8. The number of methoxy groups -OCH3 is 2. The maximum Gasteiger partial charge on any atom is 0.313 e. The molecule has 2 atom stereocenters. The molecule has 184 valence electrons. The Morgan fingerprint density at radius 2 is 2.03 bits per heavy atom. The van der Waals surface area contributed by atoms with Gasteiger partial charge in [0.25, 0.3) is 0 Å². The number of ether oxygens (including phenoxy) is 3. The highest BCUT2D eigenvalue weighted by Gasteiger charge is 2.34. The Morgan fingerprint density at radius 3 is 2.77 bits per heavy atom. The molecule has 0 radical (unpaired) electrons. The summed E-state index contributed by atoms with van der Waals surface area (Å²) in [5.74, 6) is 0.0642. The molecule has 0 saturated carbocycles. The summed E-state index contributed by atoms with van der Waals surface area (Å²) in [6.45, 7) is 2.17. The lowest BCUT2D eigenvalue weighted by Gasteiger charge is -2.23. The molecular formula is C24H26ClN5O5. The molecule has 1 aromatic heterocycles. The number of tetrazole rings is 1. The van der Waals surface area contributed by atoms with Crippen molar-refractivity contribution in [2.45, 2.75) is 32.2 Å². The molecule has 1 amide bonds. The number of nitrogens with zero attached hydrogens (tertiary/aromatic N) is 4. The maximum absolute atomic E-state index is 13.2. The van der Waals surface area contributed by atoms with Crippen LogP contribution >= 0.6 is 11.6 Å². The van der Waals surface area contributed by atoms with Crippen molar-refractivity contribution in [2.75, 3.05) is 26.1 Å². The van der Waals surface area contributed by atoms with E-state index in [9.17, 15) is 9.59 Å². The van der Waals surface area contributed by atoms with Gasteiger partial charge < -0.3 is 19.5 Å². The molecular weight excluding hydrogens is 474 g/mol. The third kappa shape index (κ3) is 5.37. The van der Waals surface area contributed by atoms with E-state index in [2.05, 4.69) is 20.7 Å². The van der Waals surface area contributed by atoms with Gasteiger partial charge in [0.15, 0.2) is 17.3 Å². The zero-order valence-electron chi connectivity index (χ0n) is 19.7.